The molecule has 6 nitrogen and oxygen atoms in total. The van der Waals surface area contributed by atoms with E-state index in [0.29, 0.717) is 6.54 Å². The predicted octanol–water partition coefficient (Wildman–Crippen LogP) is 3.06. The van der Waals surface area contributed by atoms with Crippen LogP contribution in [-0.4, -0.2) is 24.3 Å². The summed E-state index contributed by atoms with van der Waals surface area (Å²) in [7, 11) is 2.07. The fourth-order valence-electron chi connectivity index (χ4n) is 3.31. The van der Waals surface area contributed by atoms with Crippen molar-refractivity contribution in [3.05, 3.63) is 78.1 Å². The molecule has 0 spiro atoms. The van der Waals surface area contributed by atoms with Crippen LogP contribution >= 0.6 is 0 Å². The number of para-hydroxylation sites is 2. The summed E-state index contributed by atoms with van der Waals surface area (Å²) in [5, 5.41) is 7.88. The van der Waals surface area contributed by atoms with E-state index in [2.05, 4.69) is 70.3 Å². The van der Waals surface area contributed by atoms with Crippen LogP contribution in [0.2, 0.25) is 0 Å². The second-order valence-corrected chi connectivity index (χ2v) is 6.23. The zero-order chi connectivity index (χ0) is 17.9. The highest BCUT2D eigenvalue weighted by molar-refractivity contribution is 5.76. The summed E-state index contributed by atoms with van der Waals surface area (Å²) in [6.45, 7) is 3.49. The van der Waals surface area contributed by atoms with Gasteiger partial charge < -0.3 is 4.57 Å². The lowest BCUT2D eigenvalue weighted by Gasteiger charge is -2.19. The van der Waals surface area contributed by atoms with Crippen molar-refractivity contribution < 1.29 is 0 Å². The second kappa shape index (κ2) is 7.09. The summed E-state index contributed by atoms with van der Waals surface area (Å²) in [5.41, 5.74) is 3.31. The van der Waals surface area contributed by atoms with E-state index in [0.717, 1.165) is 29.2 Å². The maximum atomic E-state index is 4.89. The molecule has 0 unspecified atom stereocenters. The summed E-state index contributed by atoms with van der Waals surface area (Å²) >= 11 is 0. The summed E-state index contributed by atoms with van der Waals surface area (Å²) in [6, 6.07) is 18.6. The predicted molar refractivity (Wildman–Crippen MR) is 102 cm³/mol. The molecule has 0 saturated carbocycles. The minimum Gasteiger partial charge on any atom is -0.330 e. The Morgan fingerprint density at radius 2 is 1.81 bits per heavy atom. The average Bonchev–Trinajstić information content (AvgIpc) is 3.28. The lowest BCUT2D eigenvalue weighted by Crippen LogP contribution is -2.26. The lowest BCUT2D eigenvalue weighted by molar-refractivity contribution is 0.519. The standard InChI is InChI=1S/C20H22N6/c1-3-26-18(22-14-23-26)13-21-19(15-9-5-4-6-10-15)20-24-16-11-7-8-12-17(16)25(20)2/h4-12,14,19,21H,3,13H2,1-2H3/t19-/m1/s1. The maximum absolute atomic E-state index is 4.89. The Hall–Kier alpha value is -2.99. The van der Waals surface area contributed by atoms with E-state index < -0.39 is 0 Å². The number of benzene rings is 2. The first-order valence-electron chi connectivity index (χ1n) is 8.84. The first-order chi connectivity index (χ1) is 12.8. The monoisotopic (exact) mass is 346 g/mol. The van der Waals surface area contributed by atoms with Crippen molar-refractivity contribution >= 4 is 11.0 Å². The summed E-state index contributed by atoms with van der Waals surface area (Å²) in [5.74, 6) is 1.91. The van der Waals surface area contributed by atoms with Gasteiger partial charge in [-0.2, -0.15) is 5.10 Å². The number of nitrogens with zero attached hydrogens (tertiary/aromatic N) is 5. The molecule has 1 atom stereocenters. The highest BCUT2D eigenvalue weighted by Gasteiger charge is 2.21. The average molecular weight is 346 g/mol. The van der Waals surface area contributed by atoms with Gasteiger partial charge in [0.2, 0.25) is 0 Å². The summed E-state index contributed by atoms with van der Waals surface area (Å²) in [4.78, 5) is 9.26. The number of aromatic nitrogens is 5. The van der Waals surface area contributed by atoms with Gasteiger partial charge in [0, 0.05) is 13.6 Å². The quantitative estimate of drug-likeness (QED) is 0.583. The zero-order valence-corrected chi connectivity index (χ0v) is 15.0. The molecular formula is C20H22N6. The van der Waals surface area contributed by atoms with Gasteiger partial charge >= 0.3 is 0 Å². The Morgan fingerprint density at radius 3 is 2.58 bits per heavy atom. The third kappa shape index (κ3) is 2.99. The van der Waals surface area contributed by atoms with Gasteiger partial charge in [-0.05, 0) is 24.6 Å². The van der Waals surface area contributed by atoms with Gasteiger partial charge in [0.1, 0.15) is 18.0 Å². The van der Waals surface area contributed by atoms with Crippen LogP contribution in [0.3, 0.4) is 0 Å². The molecule has 0 aliphatic carbocycles. The van der Waals surface area contributed by atoms with E-state index >= 15 is 0 Å². The van der Waals surface area contributed by atoms with Crippen molar-refractivity contribution in [2.45, 2.75) is 26.1 Å². The van der Waals surface area contributed by atoms with Crippen LogP contribution in [-0.2, 0) is 20.1 Å². The number of nitrogens with one attached hydrogen (secondary N) is 1. The molecule has 0 bridgehead atoms. The molecule has 2 heterocycles. The summed E-state index contributed by atoms with van der Waals surface area (Å²) in [6.07, 6.45) is 1.60. The Bertz CT molecular complexity index is 1000. The normalized spacial score (nSPS) is 12.5. The third-order valence-corrected chi connectivity index (χ3v) is 4.67. The van der Waals surface area contributed by atoms with Crippen molar-refractivity contribution in [1.82, 2.24) is 29.6 Å². The van der Waals surface area contributed by atoms with Gasteiger partial charge in [-0.25, -0.2) is 14.6 Å². The molecule has 0 amide bonds. The van der Waals surface area contributed by atoms with E-state index in [1.165, 1.54) is 5.56 Å². The largest absolute Gasteiger partial charge is 0.330 e. The summed E-state index contributed by atoms with van der Waals surface area (Å²) < 4.78 is 4.06. The van der Waals surface area contributed by atoms with E-state index in [9.17, 15) is 0 Å². The SMILES string of the molecule is CCn1ncnc1CN[C@H](c1ccccc1)c1nc2ccccc2n1C. The first kappa shape index (κ1) is 16.5. The molecule has 2 aromatic heterocycles. The zero-order valence-electron chi connectivity index (χ0n) is 15.0. The first-order valence-corrected chi connectivity index (χ1v) is 8.84. The maximum Gasteiger partial charge on any atom is 0.140 e. The number of fused-ring (bicyclic) bond motifs is 1. The molecule has 6 heteroatoms. The molecule has 0 aliphatic heterocycles. The van der Waals surface area contributed by atoms with Crippen molar-refractivity contribution in [3.63, 3.8) is 0 Å². The third-order valence-electron chi connectivity index (χ3n) is 4.67. The van der Waals surface area contributed by atoms with Crippen LogP contribution in [0.5, 0.6) is 0 Å². The molecule has 0 saturated heterocycles. The molecule has 0 fully saturated rings. The highest BCUT2D eigenvalue weighted by atomic mass is 15.3. The van der Waals surface area contributed by atoms with Gasteiger partial charge in [-0.15, -0.1) is 0 Å². The van der Waals surface area contributed by atoms with Crippen LogP contribution in [0.25, 0.3) is 11.0 Å². The minimum absolute atomic E-state index is 0.0318. The molecule has 1 N–H and O–H groups in total. The van der Waals surface area contributed by atoms with E-state index in [4.69, 9.17) is 4.98 Å². The Morgan fingerprint density at radius 1 is 1.04 bits per heavy atom. The Balaban J connectivity index is 1.72. The van der Waals surface area contributed by atoms with E-state index in [-0.39, 0.29) is 6.04 Å². The highest BCUT2D eigenvalue weighted by Crippen LogP contribution is 2.25. The van der Waals surface area contributed by atoms with E-state index in [1.807, 2.05) is 22.9 Å². The second-order valence-electron chi connectivity index (χ2n) is 6.23. The number of hydrogen-bond donors (Lipinski definition) is 1. The van der Waals surface area contributed by atoms with Crippen LogP contribution in [0.1, 0.15) is 30.2 Å². The molecule has 26 heavy (non-hydrogen) atoms. The molecule has 132 valence electrons. The molecule has 4 aromatic rings. The number of rotatable bonds is 6. The van der Waals surface area contributed by atoms with Gasteiger partial charge in [0.15, 0.2) is 0 Å². The number of aryl methyl sites for hydroxylation is 2. The van der Waals surface area contributed by atoms with Crippen LogP contribution in [0, 0.1) is 0 Å². The minimum atomic E-state index is -0.0318. The fourth-order valence-corrected chi connectivity index (χ4v) is 3.31. The molecule has 0 aliphatic rings. The van der Waals surface area contributed by atoms with Gasteiger partial charge in [0.25, 0.3) is 0 Å². The lowest BCUT2D eigenvalue weighted by atomic mass is 10.1. The fraction of sp³-hybridized carbons (Fsp3) is 0.250. The molecule has 0 radical (unpaired) electrons. The van der Waals surface area contributed by atoms with Crippen molar-refractivity contribution in [1.29, 1.82) is 0 Å². The number of hydrogen-bond acceptors (Lipinski definition) is 4. The smallest absolute Gasteiger partial charge is 0.140 e. The van der Waals surface area contributed by atoms with Gasteiger partial charge in [0.05, 0.1) is 23.6 Å². The number of imidazole rings is 1. The van der Waals surface area contributed by atoms with Crippen molar-refractivity contribution in [3.8, 4) is 0 Å². The Labute approximate surface area is 152 Å². The molecular weight excluding hydrogens is 324 g/mol. The van der Waals surface area contributed by atoms with Gasteiger partial charge in [-0.1, -0.05) is 42.5 Å². The van der Waals surface area contributed by atoms with E-state index in [1.54, 1.807) is 6.33 Å². The van der Waals surface area contributed by atoms with Gasteiger partial charge in [-0.3, -0.25) is 5.32 Å². The van der Waals surface area contributed by atoms with Crippen LogP contribution < -0.4 is 5.32 Å². The molecule has 2 aromatic carbocycles. The van der Waals surface area contributed by atoms with Crippen LogP contribution in [0.15, 0.2) is 60.9 Å². The topological polar surface area (TPSA) is 60.6 Å². The molecule has 4 rings (SSSR count). The van der Waals surface area contributed by atoms with Crippen molar-refractivity contribution in [2.24, 2.45) is 7.05 Å². The Kier molecular flexibility index (Phi) is 4.50. The van der Waals surface area contributed by atoms with Crippen molar-refractivity contribution in [2.75, 3.05) is 0 Å². The van der Waals surface area contributed by atoms with Crippen LogP contribution in [0.4, 0.5) is 0 Å².